The van der Waals surface area contributed by atoms with Gasteiger partial charge in [-0.1, -0.05) is 184 Å². The monoisotopic (exact) mass is 908 g/mol. The first kappa shape index (κ1) is 60.1. The van der Waals surface area contributed by atoms with E-state index in [0.29, 0.717) is 19.3 Å². The van der Waals surface area contributed by atoms with Crippen molar-refractivity contribution >= 4 is 5.91 Å². The molecular formula is C53H97NO10. The number of nitrogens with one attached hydrogen (secondary N) is 1. The van der Waals surface area contributed by atoms with Gasteiger partial charge < -0.3 is 50.5 Å². The fourth-order valence-electron chi connectivity index (χ4n) is 8.04. The van der Waals surface area contributed by atoms with Crippen LogP contribution >= 0.6 is 0 Å². The summed E-state index contributed by atoms with van der Waals surface area (Å²) in [5, 5.41) is 75.9. The number of hydrogen-bond donors (Lipinski definition) is 8. The van der Waals surface area contributed by atoms with Crippen LogP contribution in [0.5, 0.6) is 0 Å². The molecule has 0 aromatic rings. The van der Waals surface area contributed by atoms with E-state index < -0.39 is 74.2 Å². The number of ether oxygens (including phenoxy) is 2. The summed E-state index contributed by atoms with van der Waals surface area (Å²) in [6, 6.07) is -1.19. The van der Waals surface area contributed by atoms with Gasteiger partial charge in [-0.15, -0.1) is 0 Å². The van der Waals surface area contributed by atoms with Gasteiger partial charge in [-0.25, -0.2) is 0 Å². The molecule has 0 bridgehead atoms. The molecule has 1 aliphatic rings. The highest BCUT2D eigenvalue weighted by molar-refractivity contribution is 5.80. The molecule has 9 unspecified atom stereocenters. The highest BCUT2D eigenvalue weighted by Gasteiger charge is 2.44. The number of aliphatic hydroxyl groups excluding tert-OH is 7. The topological polar surface area (TPSA) is 189 Å². The second-order valence-corrected chi connectivity index (χ2v) is 18.3. The van der Waals surface area contributed by atoms with Crippen LogP contribution in [0.2, 0.25) is 0 Å². The van der Waals surface area contributed by atoms with E-state index in [1.165, 1.54) is 116 Å². The summed E-state index contributed by atoms with van der Waals surface area (Å²) in [6.45, 7) is 3.40. The number of unbranched alkanes of at least 4 members (excludes halogenated alkanes) is 24. The molecule has 11 heteroatoms. The Hall–Kier alpha value is -1.93. The Morgan fingerprint density at radius 1 is 0.547 bits per heavy atom. The van der Waals surface area contributed by atoms with Crippen molar-refractivity contribution in [2.45, 2.75) is 268 Å². The van der Waals surface area contributed by atoms with Crippen LogP contribution in [0.3, 0.4) is 0 Å². The molecule has 0 radical (unpaired) electrons. The van der Waals surface area contributed by atoms with Crippen molar-refractivity contribution in [2.24, 2.45) is 0 Å². The highest BCUT2D eigenvalue weighted by atomic mass is 16.7. The fourth-order valence-corrected chi connectivity index (χ4v) is 8.04. The van der Waals surface area contributed by atoms with Crippen LogP contribution in [-0.4, -0.2) is 110 Å². The first-order valence-corrected chi connectivity index (χ1v) is 26.1. The number of rotatable bonds is 43. The van der Waals surface area contributed by atoms with Gasteiger partial charge in [0.1, 0.15) is 36.6 Å². The maximum atomic E-state index is 13.1. The molecule has 1 fully saturated rings. The zero-order valence-electron chi connectivity index (χ0n) is 40.5. The van der Waals surface area contributed by atoms with E-state index in [4.69, 9.17) is 9.47 Å². The van der Waals surface area contributed by atoms with Crippen molar-refractivity contribution in [1.29, 1.82) is 0 Å². The zero-order valence-corrected chi connectivity index (χ0v) is 40.5. The van der Waals surface area contributed by atoms with E-state index in [1.807, 2.05) is 0 Å². The van der Waals surface area contributed by atoms with Crippen molar-refractivity contribution in [2.75, 3.05) is 13.2 Å². The van der Waals surface area contributed by atoms with E-state index in [1.54, 1.807) is 0 Å². The number of carbonyl (C=O) groups excluding carboxylic acids is 1. The van der Waals surface area contributed by atoms with Gasteiger partial charge in [-0.3, -0.25) is 4.79 Å². The lowest BCUT2D eigenvalue weighted by molar-refractivity contribution is -0.303. The van der Waals surface area contributed by atoms with Gasteiger partial charge in [0.25, 0.3) is 0 Å². The molecule has 0 aliphatic carbocycles. The molecular weight excluding hydrogens is 811 g/mol. The van der Waals surface area contributed by atoms with E-state index in [2.05, 4.69) is 67.8 Å². The molecule has 64 heavy (non-hydrogen) atoms. The predicted octanol–water partition coefficient (Wildman–Crippen LogP) is 9.73. The lowest BCUT2D eigenvalue weighted by Crippen LogP contribution is -2.60. The van der Waals surface area contributed by atoms with Crippen LogP contribution in [-0.2, 0) is 14.3 Å². The summed E-state index contributed by atoms with van der Waals surface area (Å²) < 4.78 is 11.1. The van der Waals surface area contributed by atoms with Crippen LogP contribution in [0.4, 0.5) is 0 Å². The number of carbonyl (C=O) groups is 1. The summed E-state index contributed by atoms with van der Waals surface area (Å²) in [5.41, 5.74) is 0. The van der Waals surface area contributed by atoms with E-state index in [9.17, 15) is 40.5 Å². The first-order valence-electron chi connectivity index (χ1n) is 26.1. The third kappa shape index (κ3) is 31.1. The minimum absolute atomic E-state index is 0.244. The van der Waals surface area contributed by atoms with Gasteiger partial charge in [0.2, 0.25) is 5.91 Å². The number of amides is 1. The minimum Gasteiger partial charge on any atom is -0.394 e. The lowest BCUT2D eigenvalue weighted by Gasteiger charge is -2.40. The molecule has 0 spiro atoms. The molecule has 0 saturated carbocycles. The maximum Gasteiger partial charge on any atom is 0.249 e. The van der Waals surface area contributed by atoms with Crippen LogP contribution in [0, 0.1) is 0 Å². The highest BCUT2D eigenvalue weighted by Crippen LogP contribution is 2.23. The van der Waals surface area contributed by atoms with Crippen molar-refractivity contribution in [1.82, 2.24) is 5.32 Å². The molecule has 1 aliphatic heterocycles. The van der Waals surface area contributed by atoms with Crippen molar-refractivity contribution < 1.29 is 50.0 Å². The predicted molar refractivity (Wildman–Crippen MR) is 261 cm³/mol. The van der Waals surface area contributed by atoms with Gasteiger partial charge in [0.05, 0.1) is 25.4 Å². The zero-order chi connectivity index (χ0) is 46.9. The Labute approximate surface area is 389 Å². The second-order valence-electron chi connectivity index (χ2n) is 18.3. The largest absolute Gasteiger partial charge is 0.394 e. The Kier molecular flexibility index (Phi) is 39.8. The first-order chi connectivity index (χ1) is 31.2. The van der Waals surface area contributed by atoms with Crippen LogP contribution in [0.25, 0.3) is 0 Å². The molecule has 1 rings (SSSR count). The Morgan fingerprint density at radius 3 is 1.52 bits per heavy atom. The molecule has 11 nitrogen and oxygen atoms in total. The molecule has 0 aromatic carbocycles. The summed E-state index contributed by atoms with van der Waals surface area (Å²) in [4.78, 5) is 13.1. The minimum atomic E-state index is -1.67. The fraction of sp³-hybridized carbons (Fsp3) is 0.830. The molecule has 9 atom stereocenters. The molecule has 1 heterocycles. The van der Waals surface area contributed by atoms with Gasteiger partial charge in [-0.05, 0) is 77.0 Å². The van der Waals surface area contributed by atoms with Gasteiger partial charge in [0, 0.05) is 0 Å². The van der Waals surface area contributed by atoms with E-state index in [-0.39, 0.29) is 12.8 Å². The summed E-state index contributed by atoms with van der Waals surface area (Å²) >= 11 is 0. The number of hydrogen-bond acceptors (Lipinski definition) is 10. The summed E-state index contributed by atoms with van der Waals surface area (Å²) in [5.74, 6) is -0.716. The maximum absolute atomic E-state index is 13.1. The molecule has 1 saturated heterocycles. The normalized spacial score (nSPS) is 21.4. The lowest BCUT2D eigenvalue weighted by atomic mass is 9.98. The third-order valence-electron chi connectivity index (χ3n) is 12.4. The number of aliphatic hydroxyl groups is 7. The third-order valence-corrected chi connectivity index (χ3v) is 12.4. The van der Waals surface area contributed by atoms with Crippen molar-refractivity contribution in [3.63, 3.8) is 0 Å². The van der Waals surface area contributed by atoms with Gasteiger partial charge >= 0.3 is 0 Å². The summed E-state index contributed by atoms with van der Waals surface area (Å²) in [6.07, 6.45) is 40.1. The van der Waals surface area contributed by atoms with Crippen molar-refractivity contribution in [3.8, 4) is 0 Å². The van der Waals surface area contributed by atoms with Crippen LogP contribution < -0.4 is 5.32 Å². The number of allylic oxidation sites excluding steroid dienone is 8. The van der Waals surface area contributed by atoms with Crippen LogP contribution in [0.1, 0.15) is 213 Å². The molecule has 374 valence electrons. The average Bonchev–Trinajstić information content (AvgIpc) is 3.29. The second kappa shape index (κ2) is 42.4. The van der Waals surface area contributed by atoms with E-state index >= 15 is 0 Å². The molecule has 1 amide bonds. The standard InChI is InChI=1S/C53H97NO10/c1-3-5-7-9-11-13-15-17-19-21-23-25-26-28-30-32-34-36-38-40-45(56)48(58)44(43-63-53-51(61)50(60)49(59)47(42-55)64-53)54-52(62)46(57)41-39-37-35-33-31-29-27-24-22-20-18-16-14-12-10-8-6-4-2/h12,14,16,18,25-26,32,34,44-51,53,55-61H,3-11,13,15,17,19-24,27-31,33,35-43H2,1-2H3,(H,54,62)/b14-12-,18-16-,26-25+,34-32+. The Morgan fingerprint density at radius 2 is 0.984 bits per heavy atom. The van der Waals surface area contributed by atoms with Gasteiger partial charge in [0.15, 0.2) is 6.29 Å². The smallest absolute Gasteiger partial charge is 0.249 e. The quantitative estimate of drug-likeness (QED) is 0.0166. The molecule has 0 aromatic heterocycles. The summed E-state index contributed by atoms with van der Waals surface area (Å²) in [7, 11) is 0. The molecule has 8 N–H and O–H groups in total. The Bertz CT molecular complexity index is 1180. The van der Waals surface area contributed by atoms with Gasteiger partial charge in [-0.2, -0.15) is 0 Å². The Balaban J connectivity index is 2.43. The van der Waals surface area contributed by atoms with E-state index in [0.717, 1.165) is 51.4 Å². The van der Waals surface area contributed by atoms with Crippen LogP contribution in [0.15, 0.2) is 48.6 Å². The van der Waals surface area contributed by atoms with Crippen molar-refractivity contribution in [3.05, 3.63) is 48.6 Å². The SMILES string of the molecule is CCCCC/C=C\C=C/CCCCCCCCCCCC(O)C(=O)NC(COC1OC(CO)C(O)C(O)C1O)C(O)C(O)CCC/C=C/CC/C=C/CCCCCCCCCCCC. The average molecular weight is 908 g/mol.